The third-order valence-electron chi connectivity index (χ3n) is 3.77. The van der Waals surface area contributed by atoms with Crippen LogP contribution in [0.15, 0.2) is 40.9 Å². The Kier molecular flexibility index (Phi) is 5.31. The van der Waals surface area contributed by atoms with Crippen LogP contribution in [0.1, 0.15) is 11.1 Å². The number of halogens is 2. The molecule has 0 aliphatic carbocycles. The van der Waals surface area contributed by atoms with Gasteiger partial charge in [-0.15, -0.1) is 0 Å². The van der Waals surface area contributed by atoms with Crippen molar-refractivity contribution in [3.05, 3.63) is 57.0 Å². The van der Waals surface area contributed by atoms with Gasteiger partial charge in [-0.25, -0.2) is 0 Å². The highest BCUT2D eigenvalue weighted by Gasteiger charge is 2.18. The van der Waals surface area contributed by atoms with E-state index < -0.39 is 0 Å². The lowest BCUT2D eigenvalue weighted by Gasteiger charge is -2.21. The maximum Gasteiger partial charge on any atom is 0.227 e. The topological polar surface area (TPSA) is 38.8 Å². The molecule has 0 N–H and O–H groups in total. The highest BCUT2D eigenvalue weighted by Crippen LogP contribution is 2.38. The Bertz CT molecular complexity index is 749. The molecule has 4 nitrogen and oxygen atoms in total. The number of fused-ring (bicyclic) bond motifs is 1. The summed E-state index contributed by atoms with van der Waals surface area (Å²) in [6.45, 7) is 1.54. The molecular weight excluding hydrogens is 394 g/mol. The first-order valence-electron chi connectivity index (χ1n) is 7.59. The number of nitrogens with zero attached hydrogens (tertiary/aromatic N) is 1. The average molecular weight is 411 g/mol. The van der Waals surface area contributed by atoms with Gasteiger partial charge < -0.3 is 14.4 Å². The van der Waals surface area contributed by atoms with E-state index in [1.54, 1.807) is 18.0 Å². The van der Waals surface area contributed by atoms with Crippen LogP contribution < -0.4 is 9.47 Å². The lowest BCUT2D eigenvalue weighted by atomic mass is 10.1. The van der Waals surface area contributed by atoms with E-state index in [0.717, 1.165) is 15.6 Å². The first-order chi connectivity index (χ1) is 11.5. The molecule has 2 aromatic carbocycles. The summed E-state index contributed by atoms with van der Waals surface area (Å²) in [4.78, 5) is 14.2. The van der Waals surface area contributed by atoms with Crippen LogP contribution in [0.25, 0.3) is 0 Å². The minimum Gasteiger partial charge on any atom is -0.486 e. The van der Waals surface area contributed by atoms with Crippen LogP contribution in [-0.2, 0) is 17.8 Å². The quantitative estimate of drug-likeness (QED) is 0.762. The van der Waals surface area contributed by atoms with Crippen molar-refractivity contribution in [1.29, 1.82) is 0 Å². The molecule has 0 fully saturated rings. The fraction of sp³-hybridized carbons (Fsp3) is 0.278. The van der Waals surface area contributed by atoms with Gasteiger partial charge in [0.25, 0.3) is 0 Å². The largest absolute Gasteiger partial charge is 0.486 e. The third-order valence-corrected chi connectivity index (χ3v) is 4.58. The molecule has 0 unspecified atom stereocenters. The maximum atomic E-state index is 12.5. The standard InChI is InChI=1S/C18H17BrClNO3/c1-21(11-12-2-4-14(19)5-3-12)17(22)10-13-8-15(20)18-16(9-13)23-6-7-24-18/h2-5,8-9H,6-7,10-11H2,1H3. The van der Waals surface area contributed by atoms with Gasteiger partial charge in [0.05, 0.1) is 11.4 Å². The molecule has 1 aliphatic heterocycles. The number of hydrogen-bond acceptors (Lipinski definition) is 3. The van der Waals surface area contributed by atoms with Crippen LogP contribution in [0.5, 0.6) is 11.5 Å². The third kappa shape index (κ3) is 4.02. The number of likely N-dealkylation sites (N-methyl/N-ethyl adjacent to an activating group) is 1. The number of carbonyl (C=O) groups is 1. The van der Waals surface area contributed by atoms with Gasteiger partial charge in [0.15, 0.2) is 11.5 Å². The Hall–Kier alpha value is -1.72. The molecule has 0 saturated carbocycles. The molecule has 6 heteroatoms. The van der Waals surface area contributed by atoms with E-state index in [-0.39, 0.29) is 12.3 Å². The first kappa shape index (κ1) is 17.1. The minimum absolute atomic E-state index is 0.0191. The molecule has 0 spiro atoms. The van der Waals surface area contributed by atoms with Crippen LogP contribution >= 0.6 is 27.5 Å². The van der Waals surface area contributed by atoms with Gasteiger partial charge in [0.1, 0.15) is 13.2 Å². The van der Waals surface area contributed by atoms with E-state index >= 15 is 0 Å². The van der Waals surface area contributed by atoms with E-state index in [9.17, 15) is 4.79 Å². The number of amides is 1. The van der Waals surface area contributed by atoms with Crippen LogP contribution in [0.3, 0.4) is 0 Å². The van der Waals surface area contributed by atoms with Gasteiger partial charge in [-0.2, -0.15) is 0 Å². The number of rotatable bonds is 4. The smallest absolute Gasteiger partial charge is 0.227 e. The number of carbonyl (C=O) groups excluding carboxylic acids is 1. The summed E-state index contributed by atoms with van der Waals surface area (Å²) < 4.78 is 12.1. The highest BCUT2D eigenvalue weighted by molar-refractivity contribution is 9.10. The van der Waals surface area contributed by atoms with Gasteiger partial charge in [-0.05, 0) is 35.4 Å². The molecule has 24 heavy (non-hydrogen) atoms. The SMILES string of the molecule is CN(Cc1ccc(Br)cc1)C(=O)Cc1cc(Cl)c2c(c1)OCCO2. The lowest BCUT2D eigenvalue weighted by Crippen LogP contribution is -2.27. The molecule has 3 rings (SSSR count). The van der Waals surface area contributed by atoms with Gasteiger partial charge in [0.2, 0.25) is 5.91 Å². The monoisotopic (exact) mass is 409 g/mol. The van der Waals surface area contributed by atoms with Crippen molar-refractivity contribution in [3.8, 4) is 11.5 Å². The molecule has 1 aliphatic rings. The molecule has 0 radical (unpaired) electrons. The van der Waals surface area contributed by atoms with Gasteiger partial charge in [-0.3, -0.25) is 4.79 Å². The molecule has 0 bridgehead atoms. The summed E-state index contributed by atoms with van der Waals surface area (Å²) in [6, 6.07) is 11.5. The van der Waals surface area contributed by atoms with E-state index in [1.165, 1.54) is 0 Å². The summed E-state index contributed by atoms with van der Waals surface area (Å²) in [5.74, 6) is 1.18. The van der Waals surface area contributed by atoms with E-state index in [2.05, 4.69) is 15.9 Å². The Morgan fingerprint density at radius 2 is 1.88 bits per heavy atom. The zero-order valence-electron chi connectivity index (χ0n) is 13.2. The van der Waals surface area contributed by atoms with Gasteiger partial charge >= 0.3 is 0 Å². The van der Waals surface area contributed by atoms with Crippen molar-refractivity contribution in [3.63, 3.8) is 0 Å². The summed E-state index contributed by atoms with van der Waals surface area (Å²) >= 11 is 9.63. The average Bonchev–Trinajstić information content (AvgIpc) is 2.57. The van der Waals surface area contributed by atoms with Crippen LogP contribution in [-0.4, -0.2) is 31.1 Å². The second kappa shape index (κ2) is 7.45. The van der Waals surface area contributed by atoms with Crippen molar-refractivity contribution in [1.82, 2.24) is 4.90 Å². The highest BCUT2D eigenvalue weighted by atomic mass is 79.9. The second-order valence-electron chi connectivity index (χ2n) is 5.65. The molecule has 2 aromatic rings. The Balaban J connectivity index is 1.67. The van der Waals surface area contributed by atoms with E-state index in [4.69, 9.17) is 21.1 Å². The van der Waals surface area contributed by atoms with Crippen molar-refractivity contribution >= 4 is 33.4 Å². The van der Waals surface area contributed by atoms with Crippen molar-refractivity contribution in [2.24, 2.45) is 0 Å². The first-order valence-corrected chi connectivity index (χ1v) is 8.76. The Morgan fingerprint density at radius 3 is 2.62 bits per heavy atom. The zero-order chi connectivity index (χ0) is 17.1. The lowest BCUT2D eigenvalue weighted by molar-refractivity contribution is -0.129. The van der Waals surface area contributed by atoms with Crippen molar-refractivity contribution in [2.45, 2.75) is 13.0 Å². The fourth-order valence-electron chi connectivity index (χ4n) is 2.53. The molecule has 0 atom stereocenters. The predicted molar refractivity (Wildman–Crippen MR) is 96.8 cm³/mol. The molecule has 0 aromatic heterocycles. The van der Waals surface area contributed by atoms with Crippen LogP contribution in [0.2, 0.25) is 5.02 Å². The summed E-state index contributed by atoms with van der Waals surface area (Å²) in [7, 11) is 1.80. The minimum atomic E-state index is 0.0191. The molecule has 1 heterocycles. The number of ether oxygens (including phenoxy) is 2. The number of hydrogen-bond donors (Lipinski definition) is 0. The summed E-state index contributed by atoms with van der Waals surface area (Å²) in [6.07, 6.45) is 0.267. The molecule has 0 saturated heterocycles. The van der Waals surface area contributed by atoms with Crippen LogP contribution in [0.4, 0.5) is 0 Å². The van der Waals surface area contributed by atoms with Gasteiger partial charge in [0, 0.05) is 18.1 Å². The second-order valence-corrected chi connectivity index (χ2v) is 6.98. The molecule has 126 valence electrons. The normalized spacial score (nSPS) is 12.8. The summed E-state index contributed by atoms with van der Waals surface area (Å²) in [5.41, 5.74) is 1.89. The fourth-order valence-corrected chi connectivity index (χ4v) is 3.08. The predicted octanol–water partition coefficient (Wildman–Crippen LogP) is 4.07. The van der Waals surface area contributed by atoms with E-state index in [1.807, 2.05) is 30.3 Å². The van der Waals surface area contributed by atoms with Crippen LogP contribution in [0, 0.1) is 0 Å². The van der Waals surface area contributed by atoms with Crippen molar-refractivity contribution < 1.29 is 14.3 Å². The Morgan fingerprint density at radius 1 is 1.17 bits per heavy atom. The Labute approximate surface area is 154 Å². The van der Waals surface area contributed by atoms with Gasteiger partial charge in [-0.1, -0.05) is 39.7 Å². The van der Waals surface area contributed by atoms with Crippen molar-refractivity contribution in [2.75, 3.05) is 20.3 Å². The maximum absolute atomic E-state index is 12.5. The molecular formula is C18H17BrClNO3. The van der Waals surface area contributed by atoms with E-state index in [0.29, 0.717) is 36.3 Å². The molecule has 1 amide bonds. The summed E-state index contributed by atoms with van der Waals surface area (Å²) in [5, 5.41) is 0.477. The zero-order valence-corrected chi connectivity index (χ0v) is 15.6. The number of benzene rings is 2.